The van der Waals surface area contributed by atoms with E-state index in [4.69, 9.17) is 21.1 Å². The van der Waals surface area contributed by atoms with Gasteiger partial charge in [0, 0.05) is 18.7 Å². The number of rotatable bonds is 4. The second kappa shape index (κ2) is 5.80. The van der Waals surface area contributed by atoms with Gasteiger partial charge in [0.05, 0.1) is 12.8 Å². The van der Waals surface area contributed by atoms with Crippen molar-refractivity contribution in [2.24, 2.45) is 0 Å². The summed E-state index contributed by atoms with van der Waals surface area (Å²) in [6.07, 6.45) is 0. The van der Waals surface area contributed by atoms with E-state index in [1.807, 2.05) is 24.3 Å². The van der Waals surface area contributed by atoms with Crippen molar-refractivity contribution in [3.05, 3.63) is 41.3 Å². The lowest BCUT2D eigenvalue weighted by Crippen LogP contribution is -1.99. The van der Waals surface area contributed by atoms with E-state index in [9.17, 15) is 0 Å². The Hall–Kier alpha value is -1.65. The summed E-state index contributed by atoms with van der Waals surface area (Å²) >= 11 is 5.98. The molecule has 0 saturated heterocycles. The molecule has 0 aliphatic carbocycles. The lowest BCUT2D eigenvalue weighted by Gasteiger charge is -2.09. The number of benzene rings is 1. The van der Waals surface area contributed by atoms with Crippen LogP contribution in [0.15, 0.2) is 30.3 Å². The van der Waals surface area contributed by atoms with E-state index in [1.165, 1.54) is 0 Å². The van der Waals surface area contributed by atoms with Crippen LogP contribution in [0, 0.1) is 0 Å². The van der Waals surface area contributed by atoms with E-state index in [-0.39, 0.29) is 0 Å². The number of aromatic nitrogens is 2. The van der Waals surface area contributed by atoms with Crippen molar-refractivity contribution in [3.8, 4) is 17.0 Å². The molecule has 5 heteroatoms. The largest absolute Gasteiger partial charge is 0.496 e. The molecule has 2 rings (SSSR count). The van der Waals surface area contributed by atoms with Gasteiger partial charge >= 0.3 is 0 Å². The maximum Gasteiger partial charge on any atom is 0.156 e. The molecule has 4 nitrogen and oxygen atoms in total. The summed E-state index contributed by atoms with van der Waals surface area (Å²) in [5.41, 5.74) is 1.60. The molecule has 0 atom stereocenters. The number of para-hydroxylation sites is 1. The highest BCUT2D eigenvalue weighted by Gasteiger charge is 2.09. The van der Waals surface area contributed by atoms with E-state index in [1.54, 1.807) is 20.3 Å². The molecule has 18 heavy (non-hydrogen) atoms. The Kier molecular flexibility index (Phi) is 4.12. The molecule has 0 radical (unpaired) electrons. The zero-order chi connectivity index (χ0) is 13.0. The van der Waals surface area contributed by atoms with E-state index >= 15 is 0 Å². The van der Waals surface area contributed by atoms with Crippen molar-refractivity contribution >= 4 is 11.6 Å². The molecule has 94 valence electrons. The molecule has 0 bridgehead atoms. The Bertz CT molecular complexity index is 546. The molecule has 1 heterocycles. The van der Waals surface area contributed by atoms with E-state index < -0.39 is 0 Å². The van der Waals surface area contributed by atoms with Crippen molar-refractivity contribution in [1.82, 2.24) is 9.97 Å². The molecule has 0 saturated carbocycles. The minimum absolute atomic E-state index is 0.322. The number of methoxy groups -OCH3 is 2. The van der Waals surface area contributed by atoms with Crippen molar-refractivity contribution in [2.45, 2.75) is 6.61 Å². The van der Waals surface area contributed by atoms with Gasteiger partial charge in [-0.3, -0.25) is 0 Å². The molecule has 0 spiro atoms. The highest BCUT2D eigenvalue weighted by molar-refractivity contribution is 6.29. The number of nitrogens with zero attached hydrogens (tertiary/aromatic N) is 2. The fourth-order valence-electron chi connectivity index (χ4n) is 1.65. The Morgan fingerprint density at radius 3 is 2.67 bits per heavy atom. The fourth-order valence-corrected chi connectivity index (χ4v) is 1.85. The summed E-state index contributed by atoms with van der Waals surface area (Å²) in [4.78, 5) is 8.49. The van der Waals surface area contributed by atoms with Gasteiger partial charge in [0.2, 0.25) is 0 Å². The highest BCUT2D eigenvalue weighted by atomic mass is 35.5. The summed E-state index contributed by atoms with van der Waals surface area (Å²) in [6, 6.07) is 9.33. The molecule has 2 aromatic rings. The first-order chi connectivity index (χ1) is 8.74. The van der Waals surface area contributed by atoms with Crippen molar-refractivity contribution in [2.75, 3.05) is 14.2 Å². The zero-order valence-electron chi connectivity index (χ0n) is 10.2. The number of halogens is 1. The summed E-state index contributed by atoms with van der Waals surface area (Å²) in [7, 11) is 3.21. The first-order valence-corrected chi connectivity index (χ1v) is 5.78. The lowest BCUT2D eigenvalue weighted by atomic mass is 10.1. The second-order valence-corrected chi connectivity index (χ2v) is 4.01. The third-order valence-electron chi connectivity index (χ3n) is 2.40. The van der Waals surface area contributed by atoms with Crippen LogP contribution < -0.4 is 4.74 Å². The standard InChI is InChI=1S/C13H13ClN2O2/c1-17-8-13-15-10(7-12(14)16-13)9-5-3-4-6-11(9)18-2/h3-7H,8H2,1-2H3. The summed E-state index contributed by atoms with van der Waals surface area (Å²) in [5, 5.41) is 0.387. The minimum Gasteiger partial charge on any atom is -0.496 e. The van der Waals surface area contributed by atoms with Crippen LogP contribution in [-0.2, 0) is 11.3 Å². The molecule has 1 aromatic heterocycles. The van der Waals surface area contributed by atoms with Gasteiger partial charge in [0.25, 0.3) is 0 Å². The van der Waals surface area contributed by atoms with Crippen LogP contribution in [0.3, 0.4) is 0 Å². The molecular weight excluding hydrogens is 252 g/mol. The third kappa shape index (κ3) is 2.78. The van der Waals surface area contributed by atoms with Crippen LogP contribution in [-0.4, -0.2) is 24.2 Å². The fraction of sp³-hybridized carbons (Fsp3) is 0.231. The molecular formula is C13H13ClN2O2. The molecule has 0 aliphatic rings. The average molecular weight is 265 g/mol. The molecule has 0 aliphatic heterocycles. The Morgan fingerprint density at radius 2 is 1.94 bits per heavy atom. The predicted octanol–water partition coefficient (Wildman–Crippen LogP) is 2.95. The van der Waals surface area contributed by atoms with Crippen LogP contribution in [0.4, 0.5) is 0 Å². The monoisotopic (exact) mass is 264 g/mol. The average Bonchev–Trinajstić information content (AvgIpc) is 2.38. The topological polar surface area (TPSA) is 44.2 Å². The van der Waals surface area contributed by atoms with E-state index in [2.05, 4.69) is 9.97 Å². The maximum atomic E-state index is 5.98. The zero-order valence-corrected chi connectivity index (χ0v) is 10.9. The van der Waals surface area contributed by atoms with Gasteiger partial charge in [-0.2, -0.15) is 0 Å². The van der Waals surface area contributed by atoms with Gasteiger partial charge in [-0.05, 0) is 12.1 Å². The van der Waals surface area contributed by atoms with Gasteiger partial charge in [-0.1, -0.05) is 23.7 Å². The smallest absolute Gasteiger partial charge is 0.156 e. The first-order valence-electron chi connectivity index (χ1n) is 5.40. The van der Waals surface area contributed by atoms with Gasteiger partial charge < -0.3 is 9.47 Å². The van der Waals surface area contributed by atoms with Crippen LogP contribution >= 0.6 is 11.6 Å². The Morgan fingerprint density at radius 1 is 1.17 bits per heavy atom. The second-order valence-electron chi connectivity index (χ2n) is 3.63. The third-order valence-corrected chi connectivity index (χ3v) is 2.59. The summed E-state index contributed by atoms with van der Waals surface area (Å²) in [6.45, 7) is 0.322. The van der Waals surface area contributed by atoms with E-state index in [0.717, 1.165) is 17.0 Å². The molecule has 1 aromatic carbocycles. The van der Waals surface area contributed by atoms with E-state index in [0.29, 0.717) is 17.6 Å². The van der Waals surface area contributed by atoms with Crippen LogP contribution in [0.25, 0.3) is 11.3 Å². The van der Waals surface area contributed by atoms with Gasteiger partial charge in [0.1, 0.15) is 17.5 Å². The first kappa shape index (κ1) is 12.8. The van der Waals surface area contributed by atoms with Gasteiger partial charge in [-0.15, -0.1) is 0 Å². The molecule has 0 amide bonds. The number of ether oxygens (including phenoxy) is 2. The minimum atomic E-state index is 0.322. The SMILES string of the molecule is COCc1nc(Cl)cc(-c2ccccc2OC)n1. The molecule has 0 unspecified atom stereocenters. The highest BCUT2D eigenvalue weighted by Crippen LogP contribution is 2.29. The van der Waals surface area contributed by atoms with Gasteiger partial charge in [-0.25, -0.2) is 9.97 Å². The van der Waals surface area contributed by atoms with Gasteiger partial charge in [0.15, 0.2) is 5.82 Å². The van der Waals surface area contributed by atoms with Crippen molar-refractivity contribution in [1.29, 1.82) is 0 Å². The molecule has 0 N–H and O–H groups in total. The predicted molar refractivity (Wildman–Crippen MR) is 69.7 cm³/mol. The number of hydrogen-bond acceptors (Lipinski definition) is 4. The Labute approximate surface area is 111 Å². The Balaban J connectivity index is 2.49. The van der Waals surface area contributed by atoms with Crippen LogP contribution in [0.5, 0.6) is 5.75 Å². The quantitative estimate of drug-likeness (QED) is 0.797. The van der Waals surface area contributed by atoms with Crippen molar-refractivity contribution < 1.29 is 9.47 Å². The summed E-state index contributed by atoms with van der Waals surface area (Å²) < 4.78 is 10.3. The summed E-state index contributed by atoms with van der Waals surface area (Å²) in [5.74, 6) is 1.29. The lowest BCUT2D eigenvalue weighted by molar-refractivity contribution is 0.178. The van der Waals surface area contributed by atoms with Crippen molar-refractivity contribution in [3.63, 3.8) is 0 Å². The van der Waals surface area contributed by atoms with Crippen LogP contribution in [0.2, 0.25) is 5.15 Å². The maximum absolute atomic E-state index is 5.98. The number of hydrogen-bond donors (Lipinski definition) is 0. The normalized spacial score (nSPS) is 10.4. The van der Waals surface area contributed by atoms with Crippen LogP contribution in [0.1, 0.15) is 5.82 Å². The molecule has 0 fully saturated rings.